The van der Waals surface area contributed by atoms with E-state index in [0.29, 0.717) is 0 Å². The fourth-order valence-corrected chi connectivity index (χ4v) is 1.55. The summed E-state index contributed by atoms with van der Waals surface area (Å²) in [4.78, 5) is 15.5. The summed E-state index contributed by atoms with van der Waals surface area (Å²) in [5.74, 6) is 0.288. The molecule has 2 heterocycles. The Morgan fingerprint density at radius 3 is 2.75 bits per heavy atom. The topological polar surface area (TPSA) is 65.1 Å². The molecule has 0 radical (unpaired) electrons. The maximum atomic E-state index is 11.7. The van der Waals surface area contributed by atoms with Crippen molar-refractivity contribution >= 4 is 5.78 Å². The Balaban J connectivity index is 2.40. The van der Waals surface area contributed by atoms with Gasteiger partial charge in [0.15, 0.2) is 0 Å². The fraction of sp³-hybridized carbons (Fsp3) is 0. The van der Waals surface area contributed by atoms with Gasteiger partial charge in [-0.05, 0) is 12.1 Å². The lowest BCUT2D eigenvalue weighted by Crippen LogP contribution is -2.18. The van der Waals surface area contributed by atoms with Gasteiger partial charge in [-0.2, -0.15) is 14.8 Å². The zero-order valence-electron chi connectivity index (χ0n) is 8.19. The van der Waals surface area contributed by atoms with Gasteiger partial charge in [-0.15, -0.1) is 5.10 Å². The summed E-state index contributed by atoms with van der Waals surface area (Å²) in [6.45, 7) is 0. The van der Waals surface area contributed by atoms with Crippen molar-refractivity contribution in [3.8, 4) is 5.69 Å². The van der Waals surface area contributed by atoms with Gasteiger partial charge in [0.1, 0.15) is 0 Å². The van der Waals surface area contributed by atoms with Crippen LogP contribution in [0.3, 0.4) is 0 Å². The van der Waals surface area contributed by atoms with Crippen molar-refractivity contribution in [1.82, 2.24) is 24.4 Å². The van der Waals surface area contributed by atoms with E-state index >= 15 is 0 Å². The maximum Gasteiger partial charge on any atom is 0.370 e. The van der Waals surface area contributed by atoms with Crippen molar-refractivity contribution in [2.24, 2.45) is 0 Å². The van der Waals surface area contributed by atoms with E-state index in [1.807, 2.05) is 30.3 Å². The molecule has 0 amide bonds. The van der Waals surface area contributed by atoms with E-state index in [0.717, 1.165) is 5.69 Å². The Morgan fingerprint density at radius 1 is 1.12 bits per heavy atom. The highest BCUT2D eigenvalue weighted by Gasteiger charge is 2.08. The highest BCUT2D eigenvalue weighted by molar-refractivity contribution is 5.33. The quantitative estimate of drug-likeness (QED) is 0.582. The summed E-state index contributed by atoms with van der Waals surface area (Å²) >= 11 is 0. The summed E-state index contributed by atoms with van der Waals surface area (Å²) in [6.07, 6.45) is 3.15. The monoisotopic (exact) mass is 213 g/mol. The highest BCUT2D eigenvalue weighted by Crippen LogP contribution is 2.03. The van der Waals surface area contributed by atoms with Gasteiger partial charge in [0.25, 0.3) is 5.78 Å². The van der Waals surface area contributed by atoms with E-state index in [1.54, 1.807) is 10.7 Å². The Morgan fingerprint density at radius 2 is 1.94 bits per heavy atom. The summed E-state index contributed by atoms with van der Waals surface area (Å²) in [5.41, 5.74) is 0.375. The van der Waals surface area contributed by atoms with Gasteiger partial charge >= 0.3 is 5.69 Å². The molecule has 78 valence electrons. The van der Waals surface area contributed by atoms with Crippen molar-refractivity contribution in [2.75, 3.05) is 0 Å². The first-order valence-corrected chi connectivity index (χ1v) is 4.71. The molecule has 6 nitrogen and oxygen atoms in total. The molecule has 0 aliphatic rings. The number of hydrogen-bond donors (Lipinski definition) is 0. The summed E-state index contributed by atoms with van der Waals surface area (Å²) in [6, 6.07) is 9.26. The van der Waals surface area contributed by atoms with E-state index in [9.17, 15) is 4.79 Å². The van der Waals surface area contributed by atoms with Gasteiger partial charge < -0.3 is 0 Å². The average molecular weight is 213 g/mol. The molecular formula is C10H7N5O. The third kappa shape index (κ3) is 1.20. The van der Waals surface area contributed by atoms with Crippen LogP contribution in [0.4, 0.5) is 0 Å². The zero-order valence-corrected chi connectivity index (χ0v) is 8.19. The fourth-order valence-electron chi connectivity index (χ4n) is 1.55. The molecule has 0 saturated heterocycles. The van der Waals surface area contributed by atoms with Gasteiger partial charge in [-0.1, -0.05) is 18.2 Å². The molecule has 0 spiro atoms. The molecule has 0 fully saturated rings. The van der Waals surface area contributed by atoms with Crippen molar-refractivity contribution in [2.45, 2.75) is 0 Å². The zero-order chi connectivity index (χ0) is 11.0. The first kappa shape index (κ1) is 8.78. The lowest BCUT2D eigenvalue weighted by atomic mass is 10.3. The molecule has 0 aliphatic carbocycles. The van der Waals surface area contributed by atoms with Crippen LogP contribution in [-0.4, -0.2) is 24.4 Å². The lowest BCUT2D eigenvalue weighted by molar-refractivity contribution is 0.750. The average Bonchev–Trinajstić information content (AvgIpc) is 2.66. The largest absolute Gasteiger partial charge is 0.370 e. The summed E-state index contributed by atoms with van der Waals surface area (Å²) in [7, 11) is 0. The van der Waals surface area contributed by atoms with Crippen LogP contribution in [0.5, 0.6) is 0 Å². The third-order valence-corrected chi connectivity index (χ3v) is 2.22. The minimum atomic E-state index is -0.369. The molecule has 16 heavy (non-hydrogen) atoms. The number of rotatable bonds is 1. The number of aromatic nitrogens is 5. The number of benzene rings is 1. The highest BCUT2D eigenvalue weighted by atomic mass is 16.2. The van der Waals surface area contributed by atoms with E-state index in [-0.39, 0.29) is 11.5 Å². The van der Waals surface area contributed by atoms with Crippen molar-refractivity contribution < 1.29 is 0 Å². The molecule has 1 aromatic carbocycles. The first-order chi connectivity index (χ1) is 7.86. The van der Waals surface area contributed by atoms with E-state index < -0.39 is 0 Å². The molecule has 0 bridgehead atoms. The second kappa shape index (κ2) is 3.27. The maximum absolute atomic E-state index is 11.7. The van der Waals surface area contributed by atoms with Gasteiger partial charge in [0.2, 0.25) is 0 Å². The van der Waals surface area contributed by atoms with Crippen LogP contribution in [-0.2, 0) is 0 Å². The number of hydrogen-bond acceptors (Lipinski definition) is 4. The predicted molar refractivity (Wildman–Crippen MR) is 56.4 cm³/mol. The number of fused-ring (bicyclic) bond motifs is 1. The minimum absolute atomic E-state index is 0.288. The van der Waals surface area contributed by atoms with Gasteiger partial charge in [-0.3, -0.25) is 0 Å². The molecule has 0 atom stereocenters. The Bertz CT molecular complexity index is 685. The van der Waals surface area contributed by atoms with Crippen LogP contribution in [0.1, 0.15) is 0 Å². The molecule has 0 saturated carbocycles. The minimum Gasteiger partial charge on any atom is -0.244 e. The SMILES string of the molecule is O=c1nc2nnccn2n1-c1ccccc1. The van der Waals surface area contributed by atoms with Crippen LogP contribution in [0.15, 0.2) is 47.5 Å². The normalized spacial score (nSPS) is 10.8. The van der Waals surface area contributed by atoms with Crippen LogP contribution >= 0.6 is 0 Å². The standard InChI is InChI=1S/C10H7N5O/c16-10-12-9-13-11-6-7-14(9)15(10)8-4-2-1-3-5-8/h1-7H. The molecule has 0 aliphatic heterocycles. The molecule has 0 unspecified atom stereocenters. The van der Waals surface area contributed by atoms with Gasteiger partial charge in [-0.25, -0.2) is 9.31 Å². The molecule has 3 rings (SSSR count). The van der Waals surface area contributed by atoms with E-state index in [4.69, 9.17) is 0 Å². The van der Waals surface area contributed by atoms with E-state index in [1.165, 1.54) is 10.9 Å². The van der Waals surface area contributed by atoms with Crippen molar-refractivity contribution in [3.63, 3.8) is 0 Å². The molecule has 3 aromatic rings. The van der Waals surface area contributed by atoms with Gasteiger partial charge in [0, 0.05) is 0 Å². The van der Waals surface area contributed by atoms with Crippen molar-refractivity contribution in [3.05, 3.63) is 53.2 Å². The summed E-state index contributed by atoms with van der Waals surface area (Å²) < 4.78 is 2.99. The predicted octanol–water partition coefficient (Wildman–Crippen LogP) is 0.275. The van der Waals surface area contributed by atoms with E-state index in [2.05, 4.69) is 15.2 Å². The lowest BCUT2D eigenvalue weighted by Gasteiger charge is -2.02. The van der Waals surface area contributed by atoms with Crippen LogP contribution < -0.4 is 5.69 Å². The molecular weight excluding hydrogens is 206 g/mol. The Labute approximate surface area is 89.8 Å². The number of para-hydroxylation sites is 1. The molecule has 6 heteroatoms. The number of nitrogens with zero attached hydrogens (tertiary/aromatic N) is 5. The van der Waals surface area contributed by atoms with Gasteiger partial charge in [0.05, 0.1) is 18.1 Å². The molecule has 0 N–H and O–H groups in total. The Kier molecular flexibility index (Phi) is 1.79. The van der Waals surface area contributed by atoms with Crippen molar-refractivity contribution in [1.29, 1.82) is 0 Å². The molecule has 2 aromatic heterocycles. The van der Waals surface area contributed by atoms with Crippen LogP contribution in [0.2, 0.25) is 0 Å². The summed E-state index contributed by atoms with van der Waals surface area (Å²) in [5, 5.41) is 7.44. The second-order valence-electron chi connectivity index (χ2n) is 3.20. The third-order valence-electron chi connectivity index (χ3n) is 2.22. The Hall–Kier alpha value is -2.50. The second-order valence-corrected chi connectivity index (χ2v) is 3.20. The van der Waals surface area contributed by atoms with Crippen LogP contribution in [0.25, 0.3) is 11.5 Å². The smallest absolute Gasteiger partial charge is 0.244 e. The van der Waals surface area contributed by atoms with Crippen LogP contribution in [0, 0.1) is 0 Å². The first-order valence-electron chi connectivity index (χ1n) is 4.71.